The topological polar surface area (TPSA) is 71.4 Å². The summed E-state index contributed by atoms with van der Waals surface area (Å²) < 4.78 is 22.2. The molecule has 0 aliphatic rings. The monoisotopic (exact) mass is 246 g/mol. The highest BCUT2D eigenvalue weighted by molar-refractivity contribution is 8.13. The van der Waals surface area contributed by atoms with Crippen LogP contribution in [0.3, 0.4) is 0 Å². The fourth-order valence-electron chi connectivity index (χ4n) is 1.00. The Hall–Kier alpha value is -1.33. The third-order valence-corrected chi connectivity index (χ3v) is 2.98. The van der Waals surface area contributed by atoms with Gasteiger partial charge in [0.25, 0.3) is 9.05 Å². The highest BCUT2D eigenvalue weighted by Gasteiger charge is 2.12. The molecule has 0 aliphatic carbocycles. The normalized spacial score (nSPS) is 11.8. The van der Waals surface area contributed by atoms with Crippen LogP contribution in [0, 0.1) is 0 Å². The van der Waals surface area contributed by atoms with E-state index in [-0.39, 0.29) is 10.5 Å². The van der Waals surface area contributed by atoms with Crippen LogP contribution in [-0.2, 0) is 13.8 Å². The number of hydrogen-bond donors (Lipinski definition) is 1. The summed E-state index contributed by atoms with van der Waals surface area (Å²) in [5.41, 5.74) is 0.245. The lowest BCUT2D eigenvalue weighted by Crippen LogP contribution is -1.94. The van der Waals surface area contributed by atoms with Crippen LogP contribution in [0.25, 0.3) is 6.08 Å². The summed E-state index contributed by atoms with van der Waals surface area (Å²) in [4.78, 5) is 10.2. The number of rotatable bonds is 3. The Labute approximate surface area is 91.2 Å². The Bertz CT molecular complexity index is 505. The van der Waals surface area contributed by atoms with Crippen molar-refractivity contribution < 1.29 is 18.3 Å². The van der Waals surface area contributed by atoms with E-state index in [1.165, 1.54) is 24.3 Å². The van der Waals surface area contributed by atoms with Gasteiger partial charge in [-0.1, -0.05) is 18.2 Å². The van der Waals surface area contributed by atoms with Gasteiger partial charge >= 0.3 is 5.97 Å². The predicted molar refractivity (Wildman–Crippen MR) is 56.2 cm³/mol. The molecule has 0 amide bonds. The molecule has 0 unspecified atom stereocenters. The Morgan fingerprint density at radius 2 is 1.93 bits per heavy atom. The van der Waals surface area contributed by atoms with E-state index in [1.807, 2.05) is 0 Å². The number of hydrogen-bond acceptors (Lipinski definition) is 3. The Balaban J connectivity index is 3.25. The van der Waals surface area contributed by atoms with Crippen molar-refractivity contribution in [2.24, 2.45) is 0 Å². The van der Waals surface area contributed by atoms with Gasteiger partial charge in [0.15, 0.2) is 0 Å². The summed E-state index contributed by atoms with van der Waals surface area (Å²) in [6.45, 7) is 0. The smallest absolute Gasteiger partial charge is 0.328 e. The molecule has 0 bridgehead atoms. The second kappa shape index (κ2) is 4.46. The van der Waals surface area contributed by atoms with Gasteiger partial charge in [-0.3, -0.25) is 0 Å². The van der Waals surface area contributed by atoms with Crippen LogP contribution in [0.5, 0.6) is 0 Å². The van der Waals surface area contributed by atoms with Crippen LogP contribution in [0.2, 0.25) is 0 Å². The van der Waals surface area contributed by atoms with Gasteiger partial charge in [-0.05, 0) is 17.7 Å². The van der Waals surface area contributed by atoms with Gasteiger partial charge in [0.05, 0.1) is 4.90 Å². The first-order chi connectivity index (χ1) is 6.91. The Kier molecular flexibility index (Phi) is 3.49. The molecule has 0 saturated carbocycles. The minimum Gasteiger partial charge on any atom is -0.478 e. The van der Waals surface area contributed by atoms with Gasteiger partial charge in [0, 0.05) is 16.8 Å². The standard InChI is InChI=1S/C9H7ClO4S/c10-15(13,14)8-4-2-1-3-7(8)5-6-9(11)12/h1-6H,(H,11,12)/b6-5+. The van der Waals surface area contributed by atoms with Gasteiger partial charge in [0.1, 0.15) is 0 Å². The van der Waals surface area contributed by atoms with E-state index in [0.29, 0.717) is 0 Å². The third kappa shape index (κ3) is 3.38. The van der Waals surface area contributed by atoms with Gasteiger partial charge in [0.2, 0.25) is 0 Å². The number of benzene rings is 1. The van der Waals surface area contributed by atoms with Crippen molar-refractivity contribution in [1.82, 2.24) is 0 Å². The van der Waals surface area contributed by atoms with Gasteiger partial charge in [-0.2, -0.15) is 0 Å². The lowest BCUT2D eigenvalue weighted by atomic mass is 10.2. The number of carbonyl (C=O) groups is 1. The molecule has 0 saturated heterocycles. The first-order valence-corrected chi connectivity index (χ1v) is 6.17. The molecule has 0 fully saturated rings. The zero-order valence-corrected chi connectivity index (χ0v) is 8.99. The quantitative estimate of drug-likeness (QED) is 0.651. The van der Waals surface area contributed by atoms with Crippen molar-refractivity contribution in [1.29, 1.82) is 0 Å². The molecule has 80 valence electrons. The van der Waals surface area contributed by atoms with Crippen LogP contribution >= 0.6 is 10.7 Å². The molecule has 6 heteroatoms. The average Bonchev–Trinajstić information content (AvgIpc) is 2.13. The molecule has 1 rings (SSSR count). The maximum absolute atomic E-state index is 11.1. The molecule has 1 N–H and O–H groups in total. The Morgan fingerprint density at radius 3 is 2.47 bits per heavy atom. The van der Waals surface area contributed by atoms with Crippen LogP contribution in [-0.4, -0.2) is 19.5 Å². The maximum atomic E-state index is 11.1. The molecule has 1 aromatic rings. The molecule has 15 heavy (non-hydrogen) atoms. The van der Waals surface area contributed by atoms with Gasteiger partial charge in [-0.25, -0.2) is 13.2 Å². The fraction of sp³-hybridized carbons (Fsp3) is 0. The fourth-order valence-corrected chi connectivity index (χ4v) is 2.08. The predicted octanol–water partition coefficient (Wildman–Crippen LogP) is 1.71. The van der Waals surface area contributed by atoms with Crippen LogP contribution in [0.1, 0.15) is 5.56 Å². The van der Waals surface area contributed by atoms with Gasteiger partial charge in [-0.15, -0.1) is 0 Å². The lowest BCUT2D eigenvalue weighted by molar-refractivity contribution is -0.131. The Morgan fingerprint density at radius 1 is 1.33 bits per heavy atom. The molecule has 0 spiro atoms. The van der Waals surface area contributed by atoms with Crippen molar-refractivity contribution in [3.63, 3.8) is 0 Å². The van der Waals surface area contributed by atoms with E-state index < -0.39 is 15.0 Å². The summed E-state index contributed by atoms with van der Waals surface area (Å²) in [5.74, 6) is -1.16. The van der Waals surface area contributed by atoms with Gasteiger partial charge < -0.3 is 5.11 Å². The van der Waals surface area contributed by atoms with Crippen molar-refractivity contribution in [2.75, 3.05) is 0 Å². The summed E-state index contributed by atoms with van der Waals surface area (Å²) in [7, 11) is 1.32. The van der Waals surface area contributed by atoms with Crippen LogP contribution in [0.15, 0.2) is 35.2 Å². The molecular weight excluding hydrogens is 240 g/mol. The minimum absolute atomic E-state index is 0.107. The molecular formula is C9H7ClO4S. The summed E-state index contributed by atoms with van der Waals surface area (Å²) >= 11 is 0. The summed E-state index contributed by atoms with van der Waals surface area (Å²) in [5, 5.41) is 8.40. The maximum Gasteiger partial charge on any atom is 0.328 e. The molecule has 4 nitrogen and oxygen atoms in total. The highest BCUT2D eigenvalue weighted by atomic mass is 35.7. The largest absolute Gasteiger partial charge is 0.478 e. The van der Waals surface area contributed by atoms with E-state index in [1.54, 1.807) is 6.07 Å². The number of halogens is 1. The number of aliphatic carboxylic acids is 1. The molecule has 0 atom stereocenters. The van der Waals surface area contributed by atoms with Crippen molar-refractivity contribution in [3.8, 4) is 0 Å². The lowest BCUT2D eigenvalue weighted by Gasteiger charge is -2.00. The first-order valence-electron chi connectivity index (χ1n) is 3.86. The average molecular weight is 247 g/mol. The zero-order valence-electron chi connectivity index (χ0n) is 7.42. The number of carboxylic acids is 1. The molecule has 0 heterocycles. The molecule has 0 aromatic heterocycles. The van der Waals surface area contributed by atoms with E-state index in [9.17, 15) is 13.2 Å². The van der Waals surface area contributed by atoms with Crippen LogP contribution in [0.4, 0.5) is 0 Å². The SMILES string of the molecule is O=C(O)/C=C/c1ccccc1S(=O)(=O)Cl. The zero-order chi connectivity index (χ0) is 11.5. The van der Waals surface area contributed by atoms with Crippen molar-refractivity contribution in [3.05, 3.63) is 35.9 Å². The van der Waals surface area contributed by atoms with Crippen molar-refractivity contribution >= 4 is 31.8 Å². The molecule has 0 aliphatic heterocycles. The van der Waals surface area contributed by atoms with E-state index in [0.717, 1.165) is 6.08 Å². The minimum atomic E-state index is -3.85. The third-order valence-electron chi connectivity index (χ3n) is 1.59. The van der Waals surface area contributed by atoms with Crippen molar-refractivity contribution in [2.45, 2.75) is 4.90 Å². The van der Waals surface area contributed by atoms with E-state index >= 15 is 0 Å². The van der Waals surface area contributed by atoms with E-state index in [2.05, 4.69) is 0 Å². The van der Waals surface area contributed by atoms with Crippen LogP contribution < -0.4 is 0 Å². The van der Waals surface area contributed by atoms with E-state index in [4.69, 9.17) is 15.8 Å². The summed E-state index contributed by atoms with van der Waals surface area (Å²) in [6, 6.07) is 5.87. The first kappa shape index (κ1) is 11.7. The highest BCUT2D eigenvalue weighted by Crippen LogP contribution is 2.20. The summed E-state index contributed by atoms with van der Waals surface area (Å²) in [6.07, 6.45) is 2.03. The molecule has 0 radical (unpaired) electrons. The number of carboxylic acid groups (broad SMARTS) is 1. The second-order valence-corrected chi connectivity index (χ2v) is 5.18. The molecule has 1 aromatic carbocycles. The second-order valence-electron chi connectivity index (χ2n) is 2.65.